The molecular formula is C16H16N4O2. The number of amides is 2. The van der Waals surface area contributed by atoms with E-state index in [0.717, 1.165) is 5.69 Å². The van der Waals surface area contributed by atoms with Crippen molar-refractivity contribution < 1.29 is 9.59 Å². The maximum Gasteiger partial charge on any atom is 0.288 e. The molecule has 3 rings (SSSR count). The summed E-state index contributed by atoms with van der Waals surface area (Å²) >= 11 is 0. The predicted molar refractivity (Wildman–Crippen MR) is 80.0 cm³/mol. The Kier molecular flexibility index (Phi) is 4.09. The monoisotopic (exact) mass is 296 g/mol. The van der Waals surface area contributed by atoms with Crippen LogP contribution in [0.2, 0.25) is 0 Å². The minimum absolute atomic E-state index is 0.237. The summed E-state index contributed by atoms with van der Waals surface area (Å²) < 4.78 is 0. The van der Waals surface area contributed by atoms with Crippen LogP contribution in [0.4, 0.5) is 0 Å². The second kappa shape index (κ2) is 6.34. The molecule has 2 amide bonds. The summed E-state index contributed by atoms with van der Waals surface area (Å²) in [5.74, 6) is -0.342. The highest BCUT2D eigenvalue weighted by atomic mass is 16.2. The SMILES string of the molecule is O=C(NNC(=O)c1ccccn1)c1ccc(C2CCC2)nc1. The first kappa shape index (κ1) is 14.2. The van der Waals surface area contributed by atoms with Crippen LogP contribution in [0.15, 0.2) is 42.7 Å². The molecule has 112 valence electrons. The van der Waals surface area contributed by atoms with E-state index in [9.17, 15) is 9.59 Å². The van der Waals surface area contributed by atoms with Gasteiger partial charge in [0, 0.05) is 24.0 Å². The van der Waals surface area contributed by atoms with Crippen molar-refractivity contribution in [2.75, 3.05) is 0 Å². The second-order valence-corrected chi connectivity index (χ2v) is 5.22. The Labute approximate surface area is 128 Å². The van der Waals surface area contributed by atoms with Crippen LogP contribution in [-0.2, 0) is 0 Å². The number of hydrogen-bond donors (Lipinski definition) is 2. The average Bonchev–Trinajstić information content (AvgIpc) is 2.52. The van der Waals surface area contributed by atoms with Crippen molar-refractivity contribution in [3.63, 3.8) is 0 Å². The molecule has 1 fully saturated rings. The van der Waals surface area contributed by atoms with Crippen molar-refractivity contribution in [2.24, 2.45) is 0 Å². The molecule has 2 heterocycles. The van der Waals surface area contributed by atoms with E-state index in [1.54, 1.807) is 24.3 Å². The first-order valence-electron chi connectivity index (χ1n) is 7.22. The Morgan fingerprint density at radius 2 is 1.82 bits per heavy atom. The van der Waals surface area contributed by atoms with Crippen molar-refractivity contribution in [3.8, 4) is 0 Å². The highest BCUT2D eigenvalue weighted by molar-refractivity contribution is 5.98. The zero-order valence-corrected chi connectivity index (χ0v) is 12.0. The van der Waals surface area contributed by atoms with Crippen molar-refractivity contribution in [2.45, 2.75) is 25.2 Å². The van der Waals surface area contributed by atoms with Gasteiger partial charge in [0.15, 0.2) is 0 Å². The number of aromatic nitrogens is 2. The second-order valence-electron chi connectivity index (χ2n) is 5.22. The summed E-state index contributed by atoms with van der Waals surface area (Å²) in [6, 6.07) is 8.58. The van der Waals surface area contributed by atoms with Crippen LogP contribution in [-0.4, -0.2) is 21.8 Å². The summed E-state index contributed by atoms with van der Waals surface area (Å²) in [6.45, 7) is 0. The number of hydrazine groups is 1. The molecule has 0 atom stereocenters. The molecule has 6 heteroatoms. The Balaban J connectivity index is 1.56. The van der Waals surface area contributed by atoms with Gasteiger partial charge in [-0.25, -0.2) is 0 Å². The molecular weight excluding hydrogens is 280 g/mol. The molecule has 2 aromatic rings. The zero-order chi connectivity index (χ0) is 15.4. The van der Waals surface area contributed by atoms with Crippen LogP contribution < -0.4 is 10.9 Å². The van der Waals surface area contributed by atoms with Crippen LogP contribution in [0.1, 0.15) is 51.7 Å². The van der Waals surface area contributed by atoms with Gasteiger partial charge in [-0.3, -0.25) is 30.4 Å². The standard InChI is InChI=1S/C16H16N4O2/c21-15(19-20-16(22)14-6-1-2-9-17-14)12-7-8-13(18-10-12)11-4-3-5-11/h1-2,6-11H,3-5H2,(H,19,21)(H,20,22). The summed E-state index contributed by atoms with van der Waals surface area (Å²) in [5.41, 5.74) is 6.36. The van der Waals surface area contributed by atoms with Gasteiger partial charge in [0.2, 0.25) is 0 Å². The lowest BCUT2D eigenvalue weighted by Gasteiger charge is -2.24. The Hall–Kier alpha value is -2.76. The lowest BCUT2D eigenvalue weighted by atomic mass is 9.82. The topological polar surface area (TPSA) is 84.0 Å². The first-order chi connectivity index (χ1) is 10.7. The quantitative estimate of drug-likeness (QED) is 0.846. The van der Waals surface area contributed by atoms with Gasteiger partial charge in [-0.2, -0.15) is 0 Å². The molecule has 0 aliphatic heterocycles. The molecule has 0 spiro atoms. The highest BCUT2D eigenvalue weighted by Gasteiger charge is 2.20. The van der Waals surface area contributed by atoms with E-state index in [2.05, 4.69) is 20.8 Å². The third-order valence-electron chi connectivity index (χ3n) is 3.76. The van der Waals surface area contributed by atoms with Crippen LogP contribution in [0.5, 0.6) is 0 Å². The number of hydrogen-bond acceptors (Lipinski definition) is 4. The summed E-state index contributed by atoms with van der Waals surface area (Å²) in [6.07, 6.45) is 6.63. The molecule has 1 saturated carbocycles. The van der Waals surface area contributed by atoms with E-state index >= 15 is 0 Å². The summed E-state index contributed by atoms with van der Waals surface area (Å²) in [4.78, 5) is 31.9. The lowest BCUT2D eigenvalue weighted by molar-refractivity contribution is 0.0843. The van der Waals surface area contributed by atoms with E-state index in [-0.39, 0.29) is 5.69 Å². The summed E-state index contributed by atoms with van der Waals surface area (Å²) in [7, 11) is 0. The van der Waals surface area contributed by atoms with Gasteiger partial charge in [-0.15, -0.1) is 0 Å². The summed E-state index contributed by atoms with van der Waals surface area (Å²) in [5, 5.41) is 0. The van der Waals surface area contributed by atoms with Crippen LogP contribution >= 0.6 is 0 Å². The fourth-order valence-electron chi connectivity index (χ4n) is 2.23. The van der Waals surface area contributed by atoms with Gasteiger partial charge >= 0.3 is 0 Å². The normalized spacial score (nSPS) is 14.0. The lowest BCUT2D eigenvalue weighted by Crippen LogP contribution is -2.42. The van der Waals surface area contributed by atoms with Gasteiger partial charge in [-0.1, -0.05) is 12.5 Å². The van der Waals surface area contributed by atoms with E-state index in [1.165, 1.54) is 31.7 Å². The predicted octanol–water partition coefficient (Wildman–Crippen LogP) is 1.82. The number of rotatable bonds is 3. The van der Waals surface area contributed by atoms with Crippen molar-refractivity contribution in [1.29, 1.82) is 0 Å². The Bertz CT molecular complexity index is 666. The minimum Gasteiger partial charge on any atom is -0.267 e. The molecule has 1 aliphatic rings. The smallest absolute Gasteiger partial charge is 0.267 e. The van der Waals surface area contributed by atoms with Gasteiger partial charge in [0.25, 0.3) is 11.8 Å². The van der Waals surface area contributed by atoms with Gasteiger partial charge in [-0.05, 0) is 37.1 Å². The molecule has 0 unspecified atom stereocenters. The minimum atomic E-state index is -0.465. The number of nitrogens with zero attached hydrogens (tertiary/aromatic N) is 2. The third kappa shape index (κ3) is 3.11. The molecule has 6 nitrogen and oxygen atoms in total. The average molecular weight is 296 g/mol. The van der Waals surface area contributed by atoms with Gasteiger partial charge in [0.05, 0.1) is 5.56 Å². The molecule has 2 aromatic heterocycles. The molecule has 0 radical (unpaired) electrons. The fraction of sp³-hybridized carbons (Fsp3) is 0.250. The maximum absolute atomic E-state index is 12.0. The number of pyridine rings is 2. The van der Waals surface area contributed by atoms with Gasteiger partial charge < -0.3 is 0 Å². The number of carbonyl (C=O) groups excluding carboxylic acids is 2. The largest absolute Gasteiger partial charge is 0.288 e. The number of carbonyl (C=O) groups is 2. The van der Waals surface area contributed by atoms with E-state index < -0.39 is 11.8 Å². The van der Waals surface area contributed by atoms with Crippen LogP contribution in [0.25, 0.3) is 0 Å². The van der Waals surface area contributed by atoms with Crippen molar-refractivity contribution in [3.05, 3.63) is 59.7 Å². The van der Waals surface area contributed by atoms with E-state index in [0.29, 0.717) is 11.5 Å². The van der Waals surface area contributed by atoms with E-state index in [1.807, 2.05) is 6.07 Å². The third-order valence-corrected chi connectivity index (χ3v) is 3.76. The molecule has 0 saturated heterocycles. The first-order valence-corrected chi connectivity index (χ1v) is 7.22. The molecule has 2 N–H and O–H groups in total. The zero-order valence-electron chi connectivity index (χ0n) is 12.0. The number of nitrogens with one attached hydrogen (secondary N) is 2. The van der Waals surface area contributed by atoms with Crippen LogP contribution in [0.3, 0.4) is 0 Å². The molecule has 1 aliphatic carbocycles. The Morgan fingerprint density at radius 3 is 2.41 bits per heavy atom. The maximum atomic E-state index is 12.0. The van der Waals surface area contributed by atoms with Crippen LogP contribution in [0, 0.1) is 0 Å². The van der Waals surface area contributed by atoms with Crippen molar-refractivity contribution in [1.82, 2.24) is 20.8 Å². The molecule has 0 bridgehead atoms. The highest BCUT2D eigenvalue weighted by Crippen LogP contribution is 2.34. The van der Waals surface area contributed by atoms with Gasteiger partial charge in [0.1, 0.15) is 5.69 Å². The Morgan fingerprint density at radius 1 is 1.00 bits per heavy atom. The molecule has 0 aromatic carbocycles. The fourth-order valence-corrected chi connectivity index (χ4v) is 2.23. The molecule has 22 heavy (non-hydrogen) atoms. The van der Waals surface area contributed by atoms with E-state index in [4.69, 9.17) is 0 Å². The van der Waals surface area contributed by atoms with Crippen molar-refractivity contribution >= 4 is 11.8 Å².